The van der Waals surface area contributed by atoms with Gasteiger partial charge in [-0.2, -0.15) is 4.98 Å². The van der Waals surface area contributed by atoms with Crippen LogP contribution in [0.15, 0.2) is 23.1 Å². The number of aryl methyl sites for hydroxylation is 1. The lowest BCUT2D eigenvalue weighted by atomic mass is 9.93. The Kier molecular flexibility index (Phi) is 9.65. The Hall–Kier alpha value is -3.19. The van der Waals surface area contributed by atoms with Crippen molar-refractivity contribution in [3.8, 4) is 23.0 Å². The van der Waals surface area contributed by atoms with Crippen LogP contribution in [0.1, 0.15) is 62.5 Å². The molecule has 3 aromatic rings. The van der Waals surface area contributed by atoms with E-state index in [0.29, 0.717) is 38.0 Å². The summed E-state index contributed by atoms with van der Waals surface area (Å²) >= 11 is 0. The van der Waals surface area contributed by atoms with Gasteiger partial charge in [0.05, 0.1) is 23.1 Å². The fourth-order valence-electron chi connectivity index (χ4n) is 7.29. The molecule has 0 bridgehead atoms. The second kappa shape index (κ2) is 13.7. The first-order valence-electron chi connectivity index (χ1n) is 16.2. The number of rotatable bonds is 11. The maximum absolute atomic E-state index is 16.2. The number of H-pyrrole nitrogens is 1. The standard InChI is InChI=1S/C33H43F2N5O5/c1-20-12-23(42)14-26(25(20)6-3-2-4-11-44-24-13-22(41)7-9-36-16-24)29-28(35)30-27(17-37-29)31(43)39-32(38-30)45-19-33-8-5-10-40(33)18-21(34)15-33/h12,14,17,21-22,24,36,41-42H,2-11,13,15-16,18-19H2,1H3,(H,38,39,43)/t21-,22-,24-,33+/m1/s1. The quantitative estimate of drug-likeness (QED) is 0.234. The number of benzene rings is 1. The largest absolute Gasteiger partial charge is 0.508 e. The number of hydrogen-bond acceptors (Lipinski definition) is 9. The van der Waals surface area contributed by atoms with E-state index in [1.807, 2.05) is 6.92 Å². The van der Waals surface area contributed by atoms with E-state index < -0.39 is 23.1 Å². The Balaban J connectivity index is 1.16. The Morgan fingerprint density at radius 2 is 2.11 bits per heavy atom. The number of hydrogen-bond donors (Lipinski definition) is 4. The van der Waals surface area contributed by atoms with Crippen LogP contribution in [0.3, 0.4) is 0 Å². The number of unbranched alkanes of at least 4 members (excludes halogenated alkanes) is 2. The molecule has 45 heavy (non-hydrogen) atoms. The summed E-state index contributed by atoms with van der Waals surface area (Å²) in [6.07, 6.45) is 6.72. The van der Waals surface area contributed by atoms with Gasteiger partial charge in [0, 0.05) is 44.3 Å². The van der Waals surface area contributed by atoms with Crippen LogP contribution in [0, 0.1) is 12.7 Å². The van der Waals surface area contributed by atoms with Crippen LogP contribution in [0.25, 0.3) is 22.2 Å². The van der Waals surface area contributed by atoms with Crippen molar-refractivity contribution in [1.82, 2.24) is 25.2 Å². The molecule has 0 aliphatic carbocycles. The summed E-state index contributed by atoms with van der Waals surface area (Å²) in [7, 11) is 0. The van der Waals surface area contributed by atoms with Crippen molar-refractivity contribution in [2.45, 2.75) is 88.6 Å². The molecule has 0 radical (unpaired) electrons. The van der Waals surface area contributed by atoms with Crippen LogP contribution in [-0.2, 0) is 11.2 Å². The predicted octanol–water partition coefficient (Wildman–Crippen LogP) is 3.94. The smallest absolute Gasteiger partial charge is 0.297 e. The van der Waals surface area contributed by atoms with Crippen molar-refractivity contribution in [3.63, 3.8) is 0 Å². The van der Waals surface area contributed by atoms with E-state index in [-0.39, 0.29) is 47.2 Å². The zero-order valence-corrected chi connectivity index (χ0v) is 25.8. The van der Waals surface area contributed by atoms with Crippen LogP contribution >= 0.6 is 0 Å². The van der Waals surface area contributed by atoms with Gasteiger partial charge in [-0.15, -0.1) is 0 Å². The molecule has 3 saturated heterocycles. The number of aromatic nitrogens is 3. The number of phenols is 1. The number of phenolic OH excluding ortho intramolecular Hbond substituents is 1. The zero-order chi connectivity index (χ0) is 31.6. The molecule has 4 N–H and O–H groups in total. The summed E-state index contributed by atoms with van der Waals surface area (Å²) in [5, 5.41) is 23.7. The van der Waals surface area contributed by atoms with Crippen LogP contribution in [0.4, 0.5) is 8.78 Å². The molecular weight excluding hydrogens is 584 g/mol. The van der Waals surface area contributed by atoms with Crippen molar-refractivity contribution in [2.75, 3.05) is 39.4 Å². The second-order valence-corrected chi connectivity index (χ2v) is 12.9. The van der Waals surface area contributed by atoms with Crippen molar-refractivity contribution >= 4 is 10.9 Å². The van der Waals surface area contributed by atoms with Crippen LogP contribution < -0.4 is 15.6 Å². The molecule has 10 nitrogen and oxygen atoms in total. The number of pyridine rings is 1. The minimum atomic E-state index is -0.921. The van der Waals surface area contributed by atoms with E-state index in [4.69, 9.17) is 9.47 Å². The molecule has 0 unspecified atom stereocenters. The second-order valence-electron chi connectivity index (χ2n) is 12.9. The molecule has 3 fully saturated rings. The first-order chi connectivity index (χ1) is 21.7. The Morgan fingerprint density at radius 1 is 1.24 bits per heavy atom. The predicted molar refractivity (Wildman–Crippen MR) is 166 cm³/mol. The molecule has 5 heterocycles. The van der Waals surface area contributed by atoms with E-state index >= 15 is 4.39 Å². The Labute approximate surface area is 261 Å². The minimum absolute atomic E-state index is 0.0000644. The lowest BCUT2D eigenvalue weighted by molar-refractivity contribution is 0.0208. The van der Waals surface area contributed by atoms with Gasteiger partial charge in [-0.05, 0) is 81.8 Å². The first-order valence-corrected chi connectivity index (χ1v) is 16.2. The molecule has 0 spiro atoms. The van der Waals surface area contributed by atoms with E-state index in [1.165, 1.54) is 12.3 Å². The number of ether oxygens (including phenoxy) is 2. The molecule has 2 aromatic heterocycles. The highest BCUT2D eigenvalue weighted by Gasteiger charge is 2.49. The highest BCUT2D eigenvalue weighted by molar-refractivity contribution is 5.83. The van der Waals surface area contributed by atoms with Gasteiger partial charge in [-0.1, -0.05) is 6.42 Å². The Bertz CT molecular complexity index is 1570. The maximum atomic E-state index is 16.2. The fourth-order valence-corrected chi connectivity index (χ4v) is 7.29. The molecule has 6 rings (SSSR count). The van der Waals surface area contributed by atoms with E-state index in [2.05, 4.69) is 25.2 Å². The lowest BCUT2D eigenvalue weighted by Gasteiger charge is -2.30. The zero-order valence-electron chi connectivity index (χ0n) is 25.8. The van der Waals surface area contributed by atoms with Crippen molar-refractivity contribution in [1.29, 1.82) is 0 Å². The van der Waals surface area contributed by atoms with Crippen LogP contribution in [0.5, 0.6) is 11.8 Å². The summed E-state index contributed by atoms with van der Waals surface area (Å²) in [4.78, 5) is 26.2. The average molecular weight is 628 g/mol. The van der Waals surface area contributed by atoms with Gasteiger partial charge in [0.25, 0.3) is 11.6 Å². The minimum Gasteiger partial charge on any atom is -0.508 e. The molecule has 0 saturated carbocycles. The first kappa shape index (κ1) is 31.8. The van der Waals surface area contributed by atoms with Crippen LogP contribution in [-0.4, -0.2) is 93.4 Å². The Morgan fingerprint density at radius 3 is 2.98 bits per heavy atom. The van der Waals surface area contributed by atoms with Crippen molar-refractivity contribution < 1.29 is 28.5 Å². The van der Waals surface area contributed by atoms with E-state index in [1.54, 1.807) is 6.07 Å². The van der Waals surface area contributed by atoms with Gasteiger partial charge in [-0.3, -0.25) is 19.7 Å². The number of nitrogens with one attached hydrogen (secondary N) is 2. The number of aliphatic hydroxyl groups is 1. The molecule has 3 aliphatic rings. The highest BCUT2D eigenvalue weighted by Crippen LogP contribution is 2.40. The van der Waals surface area contributed by atoms with Crippen molar-refractivity contribution in [3.05, 3.63) is 45.6 Å². The van der Waals surface area contributed by atoms with Crippen molar-refractivity contribution in [2.24, 2.45) is 0 Å². The molecule has 4 atom stereocenters. The van der Waals surface area contributed by atoms with Gasteiger partial charge < -0.3 is 25.0 Å². The van der Waals surface area contributed by atoms with Gasteiger partial charge in [0.2, 0.25) is 0 Å². The number of aromatic amines is 1. The van der Waals surface area contributed by atoms with Gasteiger partial charge in [0.1, 0.15) is 29.7 Å². The molecule has 0 amide bonds. The lowest BCUT2D eigenvalue weighted by Crippen LogP contribution is -2.43. The number of aromatic hydroxyl groups is 1. The van der Waals surface area contributed by atoms with Gasteiger partial charge in [-0.25, -0.2) is 8.78 Å². The topological polar surface area (TPSA) is 133 Å². The normalized spacial score (nSPS) is 25.5. The summed E-state index contributed by atoms with van der Waals surface area (Å²) in [6.45, 7) is 5.34. The fraction of sp³-hybridized carbons (Fsp3) is 0.606. The third kappa shape index (κ3) is 6.98. The van der Waals surface area contributed by atoms with Crippen LogP contribution in [0.2, 0.25) is 0 Å². The molecule has 12 heteroatoms. The summed E-state index contributed by atoms with van der Waals surface area (Å²) in [5.74, 6) is -0.779. The number of nitrogens with zero attached hydrogens (tertiary/aromatic N) is 3. The molecule has 1 aromatic carbocycles. The van der Waals surface area contributed by atoms with Gasteiger partial charge in [0.15, 0.2) is 5.82 Å². The SMILES string of the molecule is Cc1cc(O)cc(-c2ncc3c(=O)[nH]c(OC[C@@]45CCCN4C[C@H](F)C5)nc3c2F)c1CCCCCO[C@H]1CNCC[C@@H](O)C1. The van der Waals surface area contributed by atoms with Gasteiger partial charge >= 0.3 is 0 Å². The number of halogens is 2. The summed E-state index contributed by atoms with van der Waals surface area (Å²) in [6, 6.07) is 3.03. The molecule has 3 aliphatic heterocycles. The molecule has 244 valence electrons. The number of fused-ring (bicyclic) bond motifs is 2. The number of aliphatic hydroxyl groups excluding tert-OH is 1. The highest BCUT2D eigenvalue weighted by atomic mass is 19.1. The summed E-state index contributed by atoms with van der Waals surface area (Å²) in [5.41, 5.74) is 0.936. The third-order valence-electron chi connectivity index (χ3n) is 9.61. The van der Waals surface area contributed by atoms with E-state index in [9.17, 15) is 19.4 Å². The third-order valence-corrected chi connectivity index (χ3v) is 9.61. The van der Waals surface area contributed by atoms with E-state index in [0.717, 1.165) is 69.3 Å². The summed E-state index contributed by atoms with van der Waals surface area (Å²) < 4.78 is 42.3. The molecular formula is C33H43F2N5O5. The maximum Gasteiger partial charge on any atom is 0.297 e. The monoisotopic (exact) mass is 627 g/mol. The average Bonchev–Trinajstić information content (AvgIpc) is 3.43. The number of alkyl halides is 1.